The molecule has 104 valence electrons. The van der Waals surface area contributed by atoms with Crippen molar-refractivity contribution < 1.29 is 4.79 Å². The van der Waals surface area contributed by atoms with Crippen LogP contribution in [0.4, 0.5) is 11.4 Å². The summed E-state index contributed by atoms with van der Waals surface area (Å²) in [5, 5.41) is 3.10. The average Bonchev–Trinajstić information content (AvgIpc) is 2.40. The molecule has 0 aromatic carbocycles. The van der Waals surface area contributed by atoms with Crippen LogP contribution in [0, 0.1) is 0 Å². The minimum Gasteiger partial charge on any atom is -0.396 e. The van der Waals surface area contributed by atoms with Crippen LogP contribution < -0.4 is 16.0 Å². The van der Waals surface area contributed by atoms with Gasteiger partial charge in [-0.3, -0.25) is 9.78 Å². The molecule has 0 unspecified atom stereocenters. The van der Waals surface area contributed by atoms with Crippen LogP contribution in [0.15, 0.2) is 18.5 Å². The summed E-state index contributed by atoms with van der Waals surface area (Å²) in [6.07, 6.45) is 9.22. The van der Waals surface area contributed by atoms with E-state index in [0.29, 0.717) is 18.3 Å². The number of rotatable bonds is 4. The Hall–Kier alpha value is -1.78. The largest absolute Gasteiger partial charge is 0.396 e. The summed E-state index contributed by atoms with van der Waals surface area (Å²) in [7, 11) is 1.87. The lowest BCUT2D eigenvalue weighted by Gasteiger charge is -2.25. The van der Waals surface area contributed by atoms with E-state index in [0.717, 1.165) is 18.5 Å². The van der Waals surface area contributed by atoms with Gasteiger partial charge in [0.25, 0.3) is 0 Å². The Morgan fingerprint density at radius 3 is 2.89 bits per heavy atom. The van der Waals surface area contributed by atoms with Gasteiger partial charge in [0, 0.05) is 19.3 Å². The second-order valence-corrected chi connectivity index (χ2v) is 5.19. The van der Waals surface area contributed by atoms with E-state index in [1.807, 2.05) is 18.0 Å². The smallest absolute Gasteiger partial charge is 0.239 e. The van der Waals surface area contributed by atoms with Gasteiger partial charge in [0.05, 0.1) is 24.1 Å². The molecule has 0 bridgehead atoms. The molecular weight excluding hydrogens is 240 g/mol. The first-order valence-electron chi connectivity index (χ1n) is 6.87. The van der Waals surface area contributed by atoms with Crippen LogP contribution in [0.2, 0.25) is 0 Å². The summed E-state index contributed by atoms with van der Waals surface area (Å²) in [5.41, 5.74) is 7.28. The normalized spacial score (nSPS) is 16.1. The molecule has 1 aliphatic carbocycles. The maximum absolute atomic E-state index is 12.0. The minimum absolute atomic E-state index is 0.0608. The van der Waals surface area contributed by atoms with Crippen molar-refractivity contribution in [2.45, 2.75) is 38.1 Å². The third-order valence-electron chi connectivity index (χ3n) is 3.59. The number of likely N-dealkylation sites (N-methyl/N-ethyl adjacent to an activating group) is 1. The Kier molecular flexibility index (Phi) is 4.60. The molecule has 1 saturated carbocycles. The zero-order valence-electron chi connectivity index (χ0n) is 11.4. The molecule has 1 aromatic heterocycles. The highest BCUT2D eigenvalue weighted by Gasteiger charge is 2.17. The zero-order valence-corrected chi connectivity index (χ0v) is 11.4. The first-order chi connectivity index (χ1) is 9.16. The summed E-state index contributed by atoms with van der Waals surface area (Å²) < 4.78 is 0. The van der Waals surface area contributed by atoms with Gasteiger partial charge in [-0.15, -0.1) is 0 Å². The Bertz CT molecular complexity index is 429. The number of carbonyl (C=O) groups is 1. The Labute approximate surface area is 114 Å². The number of hydrogen-bond acceptors (Lipinski definition) is 4. The first kappa shape index (κ1) is 13.6. The van der Waals surface area contributed by atoms with Crippen molar-refractivity contribution in [2.75, 3.05) is 24.2 Å². The van der Waals surface area contributed by atoms with Gasteiger partial charge in [-0.25, -0.2) is 0 Å². The van der Waals surface area contributed by atoms with E-state index in [4.69, 9.17) is 5.73 Å². The zero-order chi connectivity index (χ0) is 13.7. The van der Waals surface area contributed by atoms with Gasteiger partial charge in [-0.1, -0.05) is 19.3 Å². The van der Waals surface area contributed by atoms with E-state index in [9.17, 15) is 4.79 Å². The van der Waals surface area contributed by atoms with Crippen molar-refractivity contribution in [1.82, 2.24) is 10.3 Å². The molecule has 1 aliphatic rings. The van der Waals surface area contributed by atoms with Gasteiger partial charge in [0.2, 0.25) is 5.91 Å². The molecule has 0 spiro atoms. The van der Waals surface area contributed by atoms with Crippen molar-refractivity contribution in [3.05, 3.63) is 18.5 Å². The van der Waals surface area contributed by atoms with Crippen LogP contribution in [-0.4, -0.2) is 30.5 Å². The van der Waals surface area contributed by atoms with E-state index in [-0.39, 0.29) is 5.91 Å². The molecule has 1 amide bonds. The van der Waals surface area contributed by atoms with E-state index in [2.05, 4.69) is 10.3 Å². The molecule has 5 nitrogen and oxygen atoms in total. The number of amides is 1. The summed E-state index contributed by atoms with van der Waals surface area (Å²) in [5.74, 6) is 0.0608. The van der Waals surface area contributed by atoms with E-state index in [1.165, 1.54) is 19.3 Å². The summed E-state index contributed by atoms with van der Waals surface area (Å²) in [6.45, 7) is 0.324. The lowest BCUT2D eigenvalue weighted by molar-refractivity contribution is -0.120. The predicted octanol–water partition coefficient (Wildman–Crippen LogP) is 1.55. The molecule has 1 heterocycles. The van der Waals surface area contributed by atoms with Crippen molar-refractivity contribution in [3.63, 3.8) is 0 Å². The fraction of sp³-hybridized carbons (Fsp3) is 0.571. The highest BCUT2D eigenvalue weighted by atomic mass is 16.2. The number of anilines is 2. The lowest BCUT2D eigenvalue weighted by Crippen LogP contribution is -2.42. The van der Waals surface area contributed by atoms with Crippen LogP contribution in [-0.2, 0) is 4.79 Å². The van der Waals surface area contributed by atoms with Gasteiger partial charge in [0.15, 0.2) is 0 Å². The third-order valence-corrected chi connectivity index (χ3v) is 3.59. The molecule has 0 aliphatic heterocycles. The number of nitrogen functional groups attached to an aromatic ring is 1. The monoisotopic (exact) mass is 262 g/mol. The van der Waals surface area contributed by atoms with Crippen molar-refractivity contribution >= 4 is 17.3 Å². The highest BCUT2D eigenvalue weighted by Crippen LogP contribution is 2.20. The molecule has 0 atom stereocenters. The molecule has 0 saturated heterocycles. The van der Waals surface area contributed by atoms with Crippen LogP contribution in [0.25, 0.3) is 0 Å². The number of nitrogens with zero attached hydrogens (tertiary/aromatic N) is 2. The third kappa shape index (κ3) is 3.84. The van der Waals surface area contributed by atoms with Crippen LogP contribution in [0.1, 0.15) is 32.1 Å². The Morgan fingerprint density at radius 1 is 1.47 bits per heavy atom. The summed E-state index contributed by atoms with van der Waals surface area (Å²) >= 11 is 0. The maximum atomic E-state index is 12.0. The fourth-order valence-corrected chi connectivity index (χ4v) is 2.57. The van der Waals surface area contributed by atoms with Crippen molar-refractivity contribution in [3.8, 4) is 0 Å². The van der Waals surface area contributed by atoms with Gasteiger partial charge >= 0.3 is 0 Å². The molecule has 1 aromatic rings. The minimum atomic E-state index is 0.0608. The molecule has 2 rings (SSSR count). The molecular formula is C14H22N4O. The number of carbonyl (C=O) groups excluding carboxylic acids is 1. The number of nitrogens with one attached hydrogen (secondary N) is 1. The number of aromatic nitrogens is 1. The topological polar surface area (TPSA) is 71.2 Å². The quantitative estimate of drug-likeness (QED) is 0.863. The lowest BCUT2D eigenvalue weighted by atomic mass is 9.95. The van der Waals surface area contributed by atoms with Crippen LogP contribution >= 0.6 is 0 Å². The summed E-state index contributed by atoms with van der Waals surface area (Å²) in [4.78, 5) is 17.8. The van der Waals surface area contributed by atoms with E-state index in [1.54, 1.807) is 12.4 Å². The highest BCUT2D eigenvalue weighted by molar-refractivity contribution is 5.82. The second kappa shape index (κ2) is 6.41. The average molecular weight is 262 g/mol. The molecule has 3 N–H and O–H groups in total. The molecule has 1 fully saturated rings. The molecule has 19 heavy (non-hydrogen) atoms. The van der Waals surface area contributed by atoms with Gasteiger partial charge in [0.1, 0.15) is 0 Å². The molecule has 5 heteroatoms. The number of pyridine rings is 1. The summed E-state index contributed by atoms with van der Waals surface area (Å²) in [6, 6.07) is 2.17. The van der Waals surface area contributed by atoms with Gasteiger partial charge < -0.3 is 16.0 Å². The first-order valence-corrected chi connectivity index (χ1v) is 6.87. The maximum Gasteiger partial charge on any atom is 0.239 e. The number of hydrogen-bond donors (Lipinski definition) is 2. The van der Waals surface area contributed by atoms with E-state index >= 15 is 0 Å². The predicted molar refractivity (Wildman–Crippen MR) is 76.9 cm³/mol. The van der Waals surface area contributed by atoms with Gasteiger partial charge in [-0.2, -0.15) is 0 Å². The SMILES string of the molecule is CN(CC(=O)NC1CCCCC1)c1ccncc1N. The van der Waals surface area contributed by atoms with Crippen molar-refractivity contribution in [2.24, 2.45) is 0 Å². The number of nitrogens with two attached hydrogens (primary N) is 1. The fourth-order valence-electron chi connectivity index (χ4n) is 2.57. The van der Waals surface area contributed by atoms with Crippen molar-refractivity contribution in [1.29, 1.82) is 0 Å². The molecule has 0 radical (unpaired) electrons. The Balaban J connectivity index is 1.86. The van der Waals surface area contributed by atoms with E-state index < -0.39 is 0 Å². The second-order valence-electron chi connectivity index (χ2n) is 5.19. The van der Waals surface area contributed by atoms with Crippen LogP contribution in [0.3, 0.4) is 0 Å². The van der Waals surface area contributed by atoms with Gasteiger partial charge in [-0.05, 0) is 18.9 Å². The standard InChI is InChI=1S/C14H22N4O/c1-18(13-7-8-16-9-12(13)15)10-14(19)17-11-5-3-2-4-6-11/h7-9,11H,2-6,10,15H2,1H3,(H,17,19). The Morgan fingerprint density at radius 2 is 2.21 bits per heavy atom. The van der Waals surface area contributed by atoms with Crippen LogP contribution in [0.5, 0.6) is 0 Å².